The van der Waals surface area contributed by atoms with Crippen molar-refractivity contribution >= 4 is 26.0 Å². The molecule has 0 amide bonds. The second kappa shape index (κ2) is 4.41. The molecule has 0 fully saturated rings. The fraction of sp³-hybridized carbons (Fsp3) is 0.200. The van der Waals surface area contributed by atoms with Crippen LogP contribution in [0.4, 0.5) is 0 Å². The van der Waals surface area contributed by atoms with Gasteiger partial charge in [-0.05, 0) is 35.0 Å². The lowest BCUT2D eigenvalue weighted by Gasteiger charge is -2.24. The van der Waals surface area contributed by atoms with Gasteiger partial charge in [0.05, 0.1) is 9.38 Å². The van der Waals surface area contributed by atoms with Crippen LogP contribution in [0, 0.1) is 0 Å². The molecule has 7 heteroatoms. The summed E-state index contributed by atoms with van der Waals surface area (Å²) in [5.74, 6) is 0. The number of sulfonamides is 1. The van der Waals surface area contributed by atoms with Gasteiger partial charge in [-0.15, -0.1) is 0 Å². The summed E-state index contributed by atoms with van der Waals surface area (Å²) in [5.41, 5.74) is 1.37. The Hall–Kier alpha value is -0.890. The first kappa shape index (κ1) is 12.6. The third-order valence-electron chi connectivity index (χ3n) is 2.29. The monoisotopic (exact) mass is 318 g/mol. The highest BCUT2D eigenvalue weighted by molar-refractivity contribution is 9.11. The predicted octanol–water partition coefficient (Wildman–Crippen LogP) is 1.45. The maximum absolute atomic E-state index is 12.1. The Labute approximate surface area is 108 Å². The van der Waals surface area contributed by atoms with Crippen molar-refractivity contribution in [2.75, 3.05) is 0 Å². The van der Waals surface area contributed by atoms with Crippen LogP contribution in [0.15, 0.2) is 45.9 Å². The quantitative estimate of drug-likeness (QED) is 0.885. The molecule has 1 aliphatic rings. The molecule has 92 valence electrons. The van der Waals surface area contributed by atoms with Crippen molar-refractivity contribution in [1.82, 2.24) is 10.2 Å². The predicted molar refractivity (Wildman–Crippen MR) is 66.4 cm³/mol. The maximum Gasteiger partial charge on any atom is 0.243 e. The SMILES string of the molecule is CC1(NS(=O)(=O)c2ccccc2)ONC=C1Br. The molecule has 0 spiro atoms. The number of hydrogen-bond acceptors (Lipinski definition) is 4. The molecule has 0 aliphatic carbocycles. The van der Waals surface area contributed by atoms with Crippen LogP contribution in [0.2, 0.25) is 0 Å². The first-order chi connectivity index (χ1) is 7.94. The average Bonchev–Trinajstić information content (AvgIpc) is 2.59. The van der Waals surface area contributed by atoms with E-state index in [1.54, 1.807) is 25.1 Å². The summed E-state index contributed by atoms with van der Waals surface area (Å²) in [4.78, 5) is 5.32. The highest BCUT2D eigenvalue weighted by Gasteiger charge is 2.38. The van der Waals surface area contributed by atoms with E-state index >= 15 is 0 Å². The largest absolute Gasteiger partial charge is 0.271 e. The van der Waals surface area contributed by atoms with Gasteiger partial charge in [0.15, 0.2) is 5.72 Å². The summed E-state index contributed by atoms with van der Waals surface area (Å²) in [7, 11) is -3.62. The van der Waals surface area contributed by atoms with Gasteiger partial charge in [0.1, 0.15) is 0 Å². The zero-order valence-electron chi connectivity index (χ0n) is 8.98. The third kappa shape index (κ3) is 2.52. The van der Waals surface area contributed by atoms with Crippen molar-refractivity contribution in [3.05, 3.63) is 41.0 Å². The molecule has 0 saturated heterocycles. The number of halogens is 1. The lowest BCUT2D eigenvalue weighted by molar-refractivity contribution is -0.0328. The van der Waals surface area contributed by atoms with Gasteiger partial charge in [-0.3, -0.25) is 5.48 Å². The van der Waals surface area contributed by atoms with Gasteiger partial charge < -0.3 is 0 Å². The van der Waals surface area contributed by atoms with E-state index in [1.165, 1.54) is 18.3 Å². The normalized spacial score (nSPS) is 24.2. The summed E-state index contributed by atoms with van der Waals surface area (Å²) >= 11 is 3.23. The van der Waals surface area contributed by atoms with Gasteiger partial charge in [0, 0.05) is 6.20 Å². The summed E-state index contributed by atoms with van der Waals surface area (Å²) in [6.07, 6.45) is 1.54. The Bertz CT molecular complexity index is 544. The molecule has 0 aromatic heterocycles. The molecular weight excluding hydrogens is 308 g/mol. The zero-order chi connectivity index (χ0) is 12.5. The standard InChI is InChI=1S/C10H11BrN2O3S/c1-10(9(11)7-12-16-10)13-17(14,15)8-5-3-2-4-6-8/h2-7,12-13H,1H3. The van der Waals surface area contributed by atoms with E-state index in [4.69, 9.17) is 4.84 Å². The minimum atomic E-state index is -3.62. The average molecular weight is 319 g/mol. The van der Waals surface area contributed by atoms with Crippen molar-refractivity contribution in [1.29, 1.82) is 0 Å². The number of hydrogen-bond donors (Lipinski definition) is 2. The molecule has 1 aromatic carbocycles. The van der Waals surface area contributed by atoms with Crippen LogP contribution in [0.5, 0.6) is 0 Å². The Kier molecular flexibility index (Phi) is 3.26. The summed E-state index contributed by atoms with van der Waals surface area (Å²) in [6, 6.07) is 8.12. The van der Waals surface area contributed by atoms with Crippen LogP contribution in [0.3, 0.4) is 0 Å². The Morgan fingerprint density at radius 3 is 2.53 bits per heavy atom. The number of rotatable bonds is 3. The first-order valence-corrected chi connectivity index (χ1v) is 7.10. The van der Waals surface area contributed by atoms with Crippen molar-refractivity contribution in [2.45, 2.75) is 17.5 Å². The molecule has 1 atom stereocenters. The molecule has 2 N–H and O–H groups in total. The van der Waals surface area contributed by atoms with Gasteiger partial charge in [0.2, 0.25) is 10.0 Å². The van der Waals surface area contributed by atoms with Crippen molar-refractivity contribution in [2.24, 2.45) is 0 Å². The Morgan fingerprint density at radius 2 is 2.00 bits per heavy atom. The Balaban J connectivity index is 2.28. The van der Waals surface area contributed by atoms with E-state index in [-0.39, 0.29) is 4.90 Å². The molecule has 1 aliphatic heterocycles. The minimum absolute atomic E-state index is 0.192. The van der Waals surface area contributed by atoms with E-state index < -0.39 is 15.7 Å². The maximum atomic E-state index is 12.1. The Morgan fingerprint density at radius 1 is 1.35 bits per heavy atom. The minimum Gasteiger partial charge on any atom is -0.271 e. The molecule has 0 bridgehead atoms. The molecule has 5 nitrogen and oxygen atoms in total. The van der Waals surface area contributed by atoms with Crippen molar-refractivity contribution in [3.63, 3.8) is 0 Å². The first-order valence-electron chi connectivity index (χ1n) is 4.83. The van der Waals surface area contributed by atoms with E-state index in [2.05, 4.69) is 26.1 Å². The van der Waals surface area contributed by atoms with Crippen LogP contribution >= 0.6 is 15.9 Å². The number of benzene rings is 1. The highest BCUT2D eigenvalue weighted by atomic mass is 79.9. The van der Waals surface area contributed by atoms with Gasteiger partial charge in [-0.1, -0.05) is 18.2 Å². The smallest absolute Gasteiger partial charge is 0.243 e. The van der Waals surface area contributed by atoms with Crippen LogP contribution in [0.25, 0.3) is 0 Å². The van der Waals surface area contributed by atoms with Crippen LogP contribution in [0.1, 0.15) is 6.92 Å². The zero-order valence-corrected chi connectivity index (χ0v) is 11.4. The molecule has 1 unspecified atom stereocenters. The second-order valence-corrected chi connectivity index (χ2v) is 6.20. The molecule has 2 rings (SSSR count). The van der Waals surface area contributed by atoms with E-state index in [0.717, 1.165) is 0 Å². The molecule has 0 saturated carbocycles. The molecule has 0 radical (unpaired) electrons. The number of hydroxylamine groups is 1. The number of nitrogens with one attached hydrogen (secondary N) is 2. The third-order valence-corrected chi connectivity index (χ3v) is 4.82. The van der Waals surface area contributed by atoms with Gasteiger partial charge in [-0.2, -0.15) is 4.72 Å². The van der Waals surface area contributed by atoms with Crippen LogP contribution in [-0.4, -0.2) is 14.1 Å². The molecule has 1 aromatic rings. The summed E-state index contributed by atoms with van der Waals surface area (Å²) in [6.45, 7) is 1.61. The van der Waals surface area contributed by atoms with Crippen molar-refractivity contribution < 1.29 is 13.3 Å². The topological polar surface area (TPSA) is 67.4 Å². The molecule has 17 heavy (non-hydrogen) atoms. The van der Waals surface area contributed by atoms with Crippen LogP contribution < -0.4 is 10.2 Å². The van der Waals surface area contributed by atoms with Gasteiger partial charge >= 0.3 is 0 Å². The van der Waals surface area contributed by atoms with Gasteiger partial charge in [0.25, 0.3) is 0 Å². The molecule has 1 heterocycles. The second-order valence-electron chi connectivity index (χ2n) is 3.66. The highest BCUT2D eigenvalue weighted by Crippen LogP contribution is 2.28. The lowest BCUT2D eigenvalue weighted by atomic mass is 10.3. The summed E-state index contributed by atoms with van der Waals surface area (Å²) in [5, 5.41) is 0. The summed E-state index contributed by atoms with van der Waals surface area (Å²) < 4.78 is 27.2. The lowest BCUT2D eigenvalue weighted by Crippen LogP contribution is -2.47. The van der Waals surface area contributed by atoms with Crippen molar-refractivity contribution in [3.8, 4) is 0 Å². The van der Waals surface area contributed by atoms with E-state index in [0.29, 0.717) is 4.48 Å². The van der Waals surface area contributed by atoms with Crippen LogP contribution in [-0.2, 0) is 14.9 Å². The van der Waals surface area contributed by atoms with E-state index in [9.17, 15) is 8.42 Å². The fourth-order valence-electron chi connectivity index (χ4n) is 1.37. The van der Waals surface area contributed by atoms with Gasteiger partial charge in [-0.25, -0.2) is 13.3 Å². The fourth-order valence-corrected chi connectivity index (χ4v) is 3.07. The molecular formula is C10H11BrN2O3S. The van der Waals surface area contributed by atoms with E-state index in [1.807, 2.05) is 0 Å².